The van der Waals surface area contributed by atoms with Gasteiger partial charge in [0.25, 0.3) is 5.91 Å². The van der Waals surface area contributed by atoms with Crippen molar-refractivity contribution in [2.24, 2.45) is 5.92 Å². The molecule has 2 unspecified atom stereocenters. The summed E-state index contributed by atoms with van der Waals surface area (Å²) < 4.78 is 5.48. The van der Waals surface area contributed by atoms with Crippen molar-refractivity contribution in [1.29, 1.82) is 0 Å². The smallest absolute Gasteiger partial charge is 0.250 e. The maximum absolute atomic E-state index is 13.7. The van der Waals surface area contributed by atoms with Gasteiger partial charge < -0.3 is 15.0 Å². The number of nitrogens with one attached hydrogen (secondary N) is 1. The molecule has 2 aromatic rings. The highest BCUT2D eigenvalue weighted by Gasteiger charge is 2.40. The summed E-state index contributed by atoms with van der Waals surface area (Å²) in [5.41, 5.74) is 2.04. The zero-order chi connectivity index (χ0) is 27.2. The van der Waals surface area contributed by atoms with Crippen LogP contribution in [0.1, 0.15) is 38.3 Å². The first kappa shape index (κ1) is 26.9. The Morgan fingerprint density at radius 3 is 2.26 bits per heavy atom. The van der Waals surface area contributed by atoms with Crippen LogP contribution < -0.4 is 5.32 Å². The van der Waals surface area contributed by atoms with E-state index in [1.165, 1.54) is 16.7 Å². The van der Waals surface area contributed by atoms with E-state index in [0.29, 0.717) is 24.3 Å². The van der Waals surface area contributed by atoms with Gasteiger partial charge in [0.2, 0.25) is 17.6 Å². The van der Waals surface area contributed by atoms with E-state index in [1.807, 2.05) is 74.5 Å². The number of hydrogen-bond donors (Lipinski definition) is 1. The topological polar surface area (TPSA) is 96.0 Å². The predicted octanol–water partition coefficient (Wildman–Crippen LogP) is 3.30. The average molecular weight is 516 g/mol. The molecule has 0 saturated heterocycles. The molecule has 4 rings (SSSR count). The summed E-state index contributed by atoms with van der Waals surface area (Å²) in [6.45, 7) is 5.28. The Hall–Kier alpha value is -4.20. The van der Waals surface area contributed by atoms with E-state index in [4.69, 9.17) is 4.74 Å². The lowest BCUT2D eigenvalue weighted by molar-refractivity contribution is -0.145. The Labute approximate surface area is 222 Å². The van der Waals surface area contributed by atoms with Crippen molar-refractivity contribution in [3.05, 3.63) is 89.8 Å². The number of carbonyl (C=O) groups is 4. The second-order valence-corrected chi connectivity index (χ2v) is 9.80. The van der Waals surface area contributed by atoms with Gasteiger partial charge in [-0.15, -0.1) is 0 Å². The van der Waals surface area contributed by atoms with Crippen molar-refractivity contribution in [1.82, 2.24) is 15.1 Å². The molecular weight excluding hydrogens is 482 g/mol. The van der Waals surface area contributed by atoms with Crippen LogP contribution in [0.3, 0.4) is 0 Å². The molecule has 2 aliphatic heterocycles. The van der Waals surface area contributed by atoms with Gasteiger partial charge in [-0.3, -0.25) is 24.1 Å². The molecule has 38 heavy (non-hydrogen) atoms. The molecule has 0 spiro atoms. The quantitative estimate of drug-likeness (QED) is 0.553. The molecular formula is C30H33N3O5. The molecule has 8 nitrogen and oxygen atoms in total. The number of amides is 3. The number of benzene rings is 2. The first-order valence-corrected chi connectivity index (χ1v) is 12.8. The van der Waals surface area contributed by atoms with Gasteiger partial charge in [-0.2, -0.15) is 0 Å². The number of ether oxygens (including phenoxy) is 1. The molecule has 2 atom stereocenters. The van der Waals surface area contributed by atoms with Gasteiger partial charge in [0.05, 0.1) is 18.3 Å². The highest BCUT2D eigenvalue weighted by atomic mass is 16.5. The van der Waals surface area contributed by atoms with Crippen LogP contribution in [0.2, 0.25) is 0 Å². The fraction of sp³-hybridized carbons (Fsp3) is 0.333. The maximum atomic E-state index is 13.7. The minimum atomic E-state index is -0.854. The van der Waals surface area contributed by atoms with E-state index < -0.39 is 18.0 Å². The Bertz CT molecular complexity index is 1250. The monoisotopic (exact) mass is 515 g/mol. The molecule has 2 aliphatic rings. The van der Waals surface area contributed by atoms with Gasteiger partial charge in [0.1, 0.15) is 12.6 Å². The van der Waals surface area contributed by atoms with E-state index in [0.717, 1.165) is 5.56 Å². The van der Waals surface area contributed by atoms with Gasteiger partial charge in [0.15, 0.2) is 5.76 Å². The lowest BCUT2D eigenvalue weighted by atomic mass is 9.97. The standard InChI is InChI=1S/C30H33N3O5/c1-20(2)28-30(37)33(25(18-32(28)21(3)34)23-13-8-5-9-14-23)19-27(35)31-24(17-22-11-6-4-7-12-22)29(36)26-15-10-16-38-26/h4-9,11-15,18,20,24,28H,10,16-17,19H2,1-3H3,(H,31,35). The van der Waals surface area contributed by atoms with Gasteiger partial charge in [-0.1, -0.05) is 74.5 Å². The zero-order valence-corrected chi connectivity index (χ0v) is 21.9. The van der Waals surface area contributed by atoms with Crippen LogP contribution in [-0.4, -0.2) is 58.5 Å². The number of hydrogen-bond acceptors (Lipinski definition) is 5. The Morgan fingerprint density at radius 1 is 1.03 bits per heavy atom. The number of nitrogens with zero attached hydrogens (tertiary/aromatic N) is 2. The highest BCUT2D eigenvalue weighted by Crippen LogP contribution is 2.30. The fourth-order valence-electron chi connectivity index (χ4n) is 4.78. The minimum absolute atomic E-state index is 0.176. The van der Waals surface area contributed by atoms with Crippen molar-refractivity contribution in [2.45, 2.75) is 45.7 Å². The number of rotatable bonds is 9. The number of ketones is 1. The zero-order valence-electron chi connectivity index (χ0n) is 21.9. The van der Waals surface area contributed by atoms with E-state index in [-0.39, 0.29) is 42.2 Å². The second-order valence-electron chi connectivity index (χ2n) is 9.80. The van der Waals surface area contributed by atoms with Crippen LogP contribution in [0.25, 0.3) is 5.70 Å². The van der Waals surface area contributed by atoms with Crippen LogP contribution >= 0.6 is 0 Å². The van der Waals surface area contributed by atoms with E-state index in [9.17, 15) is 19.2 Å². The van der Waals surface area contributed by atoms with Crippen LogP contribution in [0, 0.1) is 5.92 Å². The van der Waals surface area contributed by atoms with E-state index in [2.05, 4.69) is 5.32 Å². The lowest BCUT2D eigenvalue weighted by Gasteiger charge is -2.40. The molecule has 2 heterocycles. The van der Waals surface area contributed by atoms with Crippen molar-refractivity contribution in [3.8, 4) is 0 Å². The molecule has 0 aromatic heterocycles. The third-order valence-electron chi connectivity index (χ3n) is 6.62. The molecule has 0 bridgehead atoms. The van der Waals surface area contributed by atoms with Crippen molar-refractivity contribution in [2.75, 3.05) is 13.2 Å². The minimum Gasteiger partial charge on any atom is -0.490 e. The molecule has 0 saturated carbocycles. The van der Waals surface area contributed by atoms with Gasteiger partial charge >= 0.3 is 0 Å². The van der Waals surface area contributed by atoms with Crippen molar-refractivity contribution in [3.63, 3.8) is 0 Å². The fourth-order valence-corrected chi connectivity index (χ4v) is 4.78. The Morgan fingerprint density at radius 2 is 1.68 bits per heavy atom. The summed E-state index contributed by atoms with van der Waals surface area (Å²) in [4.78, 5) is 55.7. The Balaban J connectivity index is 1.62. The SMILES string of the molecule is CC(=O)N1C=C(c2ccccc2)N(CC(=O)NC(Cc2ccccc2)C(=O)C2=CCCO2)C(=O)C1C(C)C. The second kappa shape index (κ2) is 11.9. The van der Waals surface area contributed by atoms with Crippen LogP contribution in [0.4, 0.5) is 0 Å². The highest BCUT2D eigenvalue weighted by molar-refractivity contribution is 6.02. The molecule has 0 fully saturated rings. The van der Waals surface area contributed by atoms with Crippen LogP contribution in [-0.2, 0) is 30.3 Å². The maximum Gasteiger partial charge on any atom is 0.250 e. The summed E-state index contributed by atoms with van der Waals surface area (Å²) in [5.74, 6) is -1.31. The van der Waals surface area contributed by atoms with Crippen LogP contribution in [0.15, 0.2) is 78.7 Å². The number of carbonyl (C=O) groups excluding carboxylic acids is 4. The molecule has 8 heteroatoms. The van der Waals surface area contributed by atoms with Gasteiger partial charge in [0, 0.05) is 26.0 Å². The molecule has 0 aliphatic carbocycles. The van der Waals surface area contributed by atoms with Crippen molar-refractivity contribution < 1.29 is 23.9 Å². The normalized spacial score (nSPS) is 18.0. The summed E-state index contributed by atoms with van der Waals surface area (Å²) in [6.07, 6.45) is 4.30. The first-order chi connectivity index (χ1) is 18.3. The number of Topliss-reactive ketones (excluding diaryl/α,β-unsaturated/α-hetero) is 1. The lowest BCUT2D eigenvalue weighted by Crippen LogP contribution is -2.56. The molecule has 2 aromatic carbocycles. The molecule has 3 amide bonds. The predicted molar refractivity (Wildman–Crippen MR) is 143 cm³/mol. The van der Waals surface area contributed by atoms with Crippen molar-refractivity contribution >= 4 is 29.2 Å². The first-order valence-electron chi connectivity index (χ1n) is 12.8. The molecule has 198 valence electrons. The van der Waals surface area contributed by atoms with E-state index in [1.54, 1.807) is 12.3 Å². The van der Waals surface area contributed by atoms with Gasteiger partial charge in [-0.25, -0.2) is 0 Å². The summed E-state index contributed by atoms with van der Waals surface area (Å²) >= 11 is 0. The van der Waals surface area contributed by atoms with E-state index >= 15 is 0 Å². The summed E-state index contributed by atoms with van der Waals surface area (Å²) in [7, 11) is 0. The summed E-state index contributed by atoms with van der Waals surface area (Å²) in [6, 6.07) is 17.0. The Kier molecular flexibility index (Phi) is 8.41. The third kappa shape index (κ3) is 6.02. The average Bonchev–Trinajstić information content (AvgIpc) is 3.44. The largest absolute Gasteiger partial charge is 0.490 e. The summed E-state index contributed by atoms with van der Waals surface area (Å²) in [5, 5.41) is 2.85. The van der Waals surface area contributed by atoms with Crippen LogP contribution in [0.5, 0.6) is 0 Å². The van der Waals surface area contributed by atoms with Gasteiger partial charge in [-0.05, 0) is 23.1 Å². The molecule has 1 N–H and O–H groups in total. The molecule has 0 radical (unpaired) electrons. The third-order valence-corrected chi connectivity index (χ3v) is 6.62.